The summed E-state index contributed by atoms with van der Waals surface area (Å²) in [5.41, 5.74) is 0.141. The van der Waals surface area contributed by atoms with E-state index in [1.165, 1.54) is 12.1 Å². The maximum atomic E-state index is 12.9. The van der Waals surface area contributed by atoms with Crippen molar-refractivity contribution in [1.29, 1.82) is 0 Å². The van der Waals surface area contributed by atoms with E-state index in [0.29, 0.717) is 37.8 Å². The van der Waals surface area contributed by atoms with Crippen LogP contribution in [0, 0.1) is 15.5 Å². The number of ether oxygens (including phenoxy) is 2. The van der Waals surface area contributed by atoms with Gasteiger partial charge in [0.2, 0.25) is 0 Å². The number of likely N-dealkylation sites (tertiary alicyclic amines) is 1. The van der Waals surface area contributed by atoms with Crippen LogP contribution < -0.4 is 14.8 Å². The van der Waals surface area contributed by atoms with Crippen LogP contribution in [-0.4, -0.2) is 55.1 Å². The quantitative estimate of drug-likeness (QED) is 0.645. The maximum absolute atomic E-state index is 12.9. The summed E-state index contributed by atoms with van der Waals surface area (Å²) in [7, 11) is 0. The Labute approximate surface area is 145 Å². The Balaban J connectivity index is 1.58. The van der Waals surface area contributed by atoms with E-state index in [9.17, 15) is 14.9 Å². The molecule has 2 saturated heterocycles. The lowest BCUT2D eigenvalue weighted by molar-refractivity contribution is -0.385. The summed E-state index contributed by atoms with van der Waals surface area (Å²) < 4.78 is 10.9. The van der Waals surface area contributed by atoms with Gasteiger partial charge in [0.15, 0.2) is 11.5 Å². The standard InChI is InChI=1S/C17H21N3O5/c21-16(19-5-2-17(3-6-19)1-4-18-11-17)12-9-14-15(25-8-7-24-14)10-13(12)20(22)23/h9-10,18H,1-8,11H2. The van der Waals surface area contributed by atoms with Gasteiger partial charge >= 0.3 is 0 Å². The molecule has 1 amide bonds. The van der Waals surface area contributed by atoms with Crippen LogP contribution in [-0.2, 0) is 0 Å². The molecule has 1 aromatic carbocycles. The lowest BCUT2D eigenvalue weighted by atomic mass is 9.78. The van der Waals surface area contributed by atoms with Gasteiger partial charge in [0.25, 0.3) is 11.6 Å². The molecule has 0 radical (unpaired) electrons. The van der Waals surface area contributed by atoms with Gasteiger partial charge in [-0.2, -0.15) is 0 Å². The number of nitrogens with one attached hydrogen (secondary N) is 1. The van der Waals surface area contributed by atoms with E-state index in [0.717, 1.165) is 32.4 Å². The van der Waals surface area contributed by atoms with Crippen LogP contribution in [0.5, 0.6) is 11.5 Å². The van der Waals surface area contributed by atoms with E-state index in [2.05, 4.69) is 5.32 Å². The second kappa shape index (κ2) is 6.18. The van der Waals surface area contributed by atoms with Crippen LogP contribution in [0.15, 0.2) is 12.1 Å². The van der Waals surface area contributed by atoms with E-state index in [-0.39, 0.29) is 22.6 Å². The van der Waals surface area contributed by atoms with Gasteiger partial charge in [-0.1, -0.05) is 0 Å². The van der Waals surface area contributed by atoms with Crippen molar-refractivity contribution in [2.75, 3.05) is 39.4 Å². The molecule has 3 aliphatic rings. The Hall–Kier alpha value is -2.35. The normalized spacial score (nSPS) is 21.4. The molecule has 4 rings (SSSR count). The Morgan fingerprint density at radius 3 is 2.44 bits per heavy atom. The molecular formula is C17H21N3O5. The van der Waals surface area contributed by atoms with Gasteiger partial charge in [-0.3, -0.25) is 14.9 Å². The first kappa shape index (κ1) is 16.1. The van der Waals surface area contributed by atoms with Gasteiger partial charge in [-0.15, -0.1) is 0 Å². The molecule has 3 heterocycles. The SMILES string of the molecule is O=C(c1cc2c(cc1[N+](=O)[O-])OCCO2)N1CCC2(CCNC2)CC1. The predicted octanol–water partition coefficient (Wildman–Crippen LogP) is 1.58. The highest BCUT2D eigenvalue weighted by molar-refractivity contribution is 5.99. The Morgan fingerprint density at radius 2 is 1.84 bits per heavy atom. The molecule has 0 unspecified atom stereocenters. The van der Waals surface area contributed by atoms with E-state index in [1.54, 1.807) is 4.90 Å². The van der Waals surface area contributed by atoms with E-state index in [1.807, 2.05) is 0 Å². The average molecular weight is 347 g/mol. The van der Waals surface area contributed by atoms with Gasteiger partial charge in [-0.25, -0.2) is 0 Å². The molecule has 3 aliphatic heterocycles. The number of benzene rings is 1. The summed E-state index contributed by atoms with van der Waals surface area (Å²) in [6, 6.07) is 2.75. The zero-order valence-electron chi connectivity index (χ0n) is 14.0. The molecule has 1 spiro atoms. The summed E-state index contributed by atoms with van der Waals surface area (Å²) in [5, 5.41) is 14.8. The number of hydrogen-bond acceptors (Lipinski definition) is 6. The van der Waals surface area contributed by atoms with Crippen LogP contribution in [0.2, 0.25) is 0 Å². The molecular weight excluding hydrogens is 326 g/mol. The number of rotatable bonds is 2. The molecule has 25 heavy (non-hydrogen) atoms. The third-order valence-corrected chi connectivity index (χ3v) is 5.53. The van der Waals surface area contributed by atoms with Crippen molar-refractivity contribution in [2.45, 2.75) is 19.3 Å². The number of hydrogen-bond donors (Lipinski definition) is 1. The fourth-order valence-electron chi connectivity index (χ4n) is 3.98. The second-order valence-electron chi connectivity index (χ2n) is 6.99. The van der Waals surface area contributed by atoms with Gasteiger partial charge in [0.1, 0.15) is 18.8 Å². The smallest absolute Gasteiger partial charge is 0.286 e. The molecule has 0 atom stereocenters. The number of nitro groups is 1. The number of nitrogens with zero attached hydrogens (tertiary/aromatic N) is 2. The minimum absolute atomic E-state index is 0.0785. The fourth-order valence-corrected chi connectivity index (χ4v) is 3.98. The van der Waals surface area contributed by atoms with Crippen molar-refractivity contribution in [3.05, 3.63) is 27.8 Å². The molecule has 2 fully saturated rings. The lowest BCUT2D eigenvalue weighted by Crippen LogP contribution is -2.44. The minimum atomic E-state index is -0.530. The molecule has 0 aliphatic carbocycles. The third-order valence-electron chi connectivity index (χ3n) is 5.53. The minimum Gasteiger partial charge on any atom is -0.486 e. The zero-order valence-corrected chi connectivity index (χ0v) is 14.0. The van der Waals surface area contributed by atoms with Crippen molar-refractivity contribution in [3.63, 3.8) is 0 Å². The number of amides is 1. The molecule has 0 saturated carbocycles. The number of carbonyl (C=O) groups excluding carboxylic acids is 1. The van der Waals surface area contributed by atoms with Crippen molar-refractivity contribution in [2.24, 2.45) is 5.41 Å². The zero-order chi connectivity index (χ0) is 17.4. The van der Waals surface area contributed by atoms with Crippen LogP contribution in [0.1, 0.15) is 29.6 Å². The molecule has 1 aromatic rings. The van der Waals surface area contributed by atoms with Crippen LogP contribution in [0.25, 0.3) is 0 Å². The third kappa shape index (κ3) is 2.90. The van der Waals surface area contributed by atoms with E-state index >= 15 is 0 Å². The van der Waals surface area contributed by atoms with Gasteiger partial charge in [-0.05, 0) is 31.2 Å². The van der Waals surface area contributed by atoms with Crippen molar-refractivity contribution < 1.29 is 19.2 Å². The number of fused-ring (bicyclic) bond motifs is 1. The molecule has 1 N–H and O–H groups in total. The molecule has 8 heteroatoms. The second-order valence-corrected chi connectivity index (χ2v) is 6.99. The summed E-state index contributed by atoms with van der Waals surface area (Å²) in [6.07, 6.45) is 3.01. The van der Waals surface area contributed by atoms with Gasteiger partial charge in [0, 0.05) is 25.7 Å². The van der Waals surface area contributed by atoms with Crippen molar-refractivity contribution in [3.8, 4) is 11.5 Å². The largest absolute Gasteiger partial charge is 0.486 e. The summed E-state index contributed by atoms with van der Waals surface area (Å²) in [6.45, 7) is 4.01. The maximum Gasteiger partial charge on any atom is 0.286 e. The highest BCUT2D eigenvalue weighted by Crippen LogP contribution is 2.40. The lowest BCUT2D eigenvalue weighted by Gasteiger charge is -2.38. The number of piperidine rings is 1. The van der Waals surface area contributed by atoms with Crippen molar-refractivity contribution >= 4 is 11.6 Å². The van der Waals surface area contributed by atoms with Crippen LogP contribution in [0.4, 0.5) is 5.69 Å². The Morgan fingerprint density at radius 1 is 1.16 bits per heavy atom. The monoisotopic (exact) mass is 347 g/mol. The van der Waals surface area contributed by atoms with Gasteiger partial charge < -0.3 is 19.7 Å². The summed E-state index contributed by atoms with van der Waals surface area (Å²) >= 11 is 0. The number of nitro benzene ring substituents is 1. The first-order chi connectivity index (χ1) is 12.1. The first-order valence-electron chi connectivity index (χ1n) is 8.66. The highest BCUT2D eigenvalue weighted by Gasteiger charge is 2.39. The molecule has 0 aromatic heterocycles. The van der Waals surface area contributed by atoms with Crippen molar-refractivity contribution in [1.82, 2.24) is 10.2 Å². The highest BCUT2D eigenvalue weighted by atomic mass is 16.6. The molecule has 0 bridgehead atoms. The van der Waals surface area contributed by atoms with Gasteiger partial charge in [0.05, 0.1) is 11.0 Å². The van der Waals surface area contributed by atoms with E-state index in [4.69, 9.17) is 9.47 Å². The predicted molar refractivity (Wildman–Crippen MR) is 89.1 cm³/mol. The van der Waals surface area contributed by atoms with Crippen LogP contribution in [0.3, 0.4) is 0 Å². The number of carbonyl (C=O) groups is 1. The topological polar surface area (TPSA) is 93.9 Å². The average Bonchev–Trinajstić information content (AvgIpc) is 3.08. The first-order valence-corrected chi connectivity index (χ1v) is 8.66. The fraction of sp³-hybridized carbons (Fsp3) is 0.588. The summed E-state index contributed by atoms with van der Waals surface area (Å²) in [4.78, 5) is 25.5. The molecule has 8 nitrogen and oxygen atoms in total. The Kier molecular flexibility index (Phi) is 3.99. The summed E-state index contributed by atoms with van der Waals surface area (Å²) in [5.74, 6) is 0.419. The van der Waals surface area contributed by atoms with E-state index < -0.39 is 4.92 Å². The molecule has 134 valence electrons. The Bertz CT molecular complexity index is 704. The van der Waals surface area contributed by atoms with Crippen LogP contribution >= 0.6 is 0 Å².